The number of hydrogen-bond acceptors (Lipinski definition) is 6. The highest BCUT2D eigenvalue weighted by molar-refractivity contribution is 7.89. The maximum absolute atomic E-state index is 12.2. The number of sulfonamides is 1. The fourth-order valence-corrected chi connectivity index (χ4v) is 2.78. The zero-order chi connectivity index (χ0) is 13.6. The molecule has 9 heteroatoms. The summed E-state index contributed by atoms with van der Waals surface area (Å²) in [5.41, 5.74) is 5.47. The first-order chi connectivity index (χ1) is 8.54. The van der Waals surface area contributed by atoms with E-state index in [0.717, 1.165) is 10.5 Å². The predicted molar refractivity (Wildman–Crippen MR) is 62.2 cm³/mol. The number of rotatable bonds is 6. The summed E-state index contributed by atoms with van der Waals surface area (Å²) in [4.78, 5) is -0.140. The molecule has 0 fully saturated rings. The van der Waals surface area contributed by atoms with E-state index >= 15 is 0 Å². The van der Waals surface area contributed by atoms with Crippen molar-refractivity contribution >= 4 is 15.8 Å². The van der Waals surface area contributed by atoms with Crippen LogP contribution in [0.25, 0.3) is 0 Å². The van der Waals surface area contributed by atoms with Gasteiger partial charge in [-0.1, -0.05) is 0 Å². The summed E-state index contributed by atoms with van der Waals surface area (Å²) in [5.74, 6) is -0.0612. The van der Waals surface area contributed by atoms with Gasteiger partial charge in [0.1, 0.15) is 10.7 Å². The first-order valence-electron chi connectivity index (χ1n) is 5.07. The van der Waals surface area contributed by atoms with Gasteiger partial charge in [-0.3, -0.25) is 5.10 Å². The smallest absolute Gasteiger partial charge is 0.248 e. The molecule has 0 aromatic carbocycles. The van der Waals surface area contributed by atoms with Crippen LogP contribution in [0.2, 0.25) is 0 Å². The summed E-state index contributed by atoms with van der Waals surface area (Å²) in [7, 11) is -3.82. The minimum Gasteiger partial charge on any atom is -0.383 e. The van der Waals surface area contributed by atoms with Crippen molar-refractivity contribution in [3.8, 4) is 12.1 Å². The maximum atomic E-state index is 12.2. The van der Waals surface area contributed by atoms with Crippen LogP contribution in [-0.2, 0) is 10.0 Å². The number of aromatic amines is 1. The van der Waals surface area contributed by atoms with Crippen LogP contribution in [0.1, 0.15) is 12.8 Å². The van der Waals surface area contributed by atoms with Crippen molar-refractivity contribution in [1.29, 1.82) is 10.5 Å². The number of H-pyrrole nitrogens is 1. The molecular weight excluding hydrogens is 256 g/mol. The number of nitrogens with two attached hydrogens (primary N) is 1. The van der Waals surface area contributed by atoms with Gasteiger partial charge in [-0.05, 0) is 0 Å². The van der Waals surface area contributed by atoms with E-state index in [0.29, 0.717) is 0 Å². The van der Waals surface area contributed by atoms with Gasteiger partial charge in [0.2, 0.25) is 10.0 Å². The highest BCUT2D eigenvalue weighted by atomic mass is 32.2. The second kappa shape index (κ2) is 6.00. The number of nitriles is 2. The number of aromatic nitrogens is 2. The van der Waals surface area contributed by atoms with Gasteiger partial charge >= 0.3 is 0 Å². The summed E-state index contributed by atoms with van der Waals surface area (Å²) >= 11 is 0. The number of nitrogens with one attached hydrogen (secondary N) is 1. The van der Waals surface area contributed by atoms with Crippen LogP contribution in [0, 0.1) is 22.7 Å². The average Bonchev–Trinajstić information content (AvgIpc) is 2.76. The minimum absolute atomic E-state index is 0.0190. The number of hydrogen-bond donors (Lipinski definition) is 2. The van der Waals surface area contributed by atoms with Crippen LogP contribution < -0.4 is 5.73 Å². The Bertz CT molecular complexity index is 561. The number of nitrogen functional groups attached to an aromatic ring is 1. The molecule has 96 valence electrons. The molecule has 0 aliphatic rings. The second-order valence-corrected chi connectivity index (χ2v) is 5.27. The van der Waals surface area contributed by atoms with Crippen LogP contribution in [-0.4, -0.2) is 36.0 Å². The Morgan fingerprint density at radius 1 is 1.33 bits per heavy atom. The van der Waals surface area contributed by atoms with Crippen molar-refractivity contribution in [2.24, 2.45) is 0 Å². The summed E-state index contributed by atoms with van der Waals surface area (Å²) in [6, 6.07) is 3.73. The zero-order valence-electron chi connectivity index (χ0n) is 9.50. The monoisotopic (exact) mass is 268 g/mol. The third-order valence-electron chi connectivity index (χ3n) is 2.20. The molecule has 0 aliphatic heterocycles. The second-order valence-electron chi connectivity index (χ2n) is 3.37. The van der Waals surface area contributed by atoms with E-state index in [9.17, 15) is 8.42 Å². The van der Waals surface area contributed by atoms with Crippen molar-refractivity contribution in [1.82, 2.24) is 14.5 Å². The normalized spacial score (nSPS) is 11.1. The van der Waals surface area contributed by atoms with Crippen LogP contribution >= 0.6 is 0 Å². The predicted octanol–water partition coefficient (Wildman–Crippen LogP) is -0.190. The fraction of sp³-hybridized carbons (Fsp3) is 0.444. The molecule has 1 heterocycles. The third kappa shape index (κ3) is 2.97. The van der Waals surface area contributed by atoms with Crippen molar-refractivity contribution in [3.05, 3.63) is 6.20 Å². The summed E-state index contributed by atoms with van der Waals surface area (Å²) in [5, 5.41) is 22.9. The molecule has 1 rings (SSSR count). The van der Waals surface area contributed by atoms with Gasteiger partial charge in [-0.15, -0.1) is 0 Å². The molecule has 18 heavy (non-hydrogen) atoms. The first kappa shape index (κ1) is 14.0. The molecule has 1 aromatic heterocycles. The Hall–Kier alpha value is -2.10. The first-order valence-corrected chi connectivity index (χ1v) is 6.51. The molecule has 0 unspecified atom stereocenters. The maximum Gasteiger partial charge on any atom is 0.248 e. The quantitative estimate of drug-likeness (QED) is 0.732. The van der Waals surface area contributed by atoms with Gasteiger partial charge < -0.3 is 5.73 Å². The molecule has 3 N–H and O–H groups in total. The Kier molecular flexibility index (Phi) is 4.66. The molecule has 0 atom stereocenters. The topological polar surface area (TPSA) is 140 Å². The molecule has 0 amide bonds. The van der Waals surface area contributed by atoms with E-state index in [-0.39, 0.29) is 36.6 Å². The van der Waals surface area contributed by atoms with Gasteiger partial charge in [0.05, 0.1) is 18.3 Å². The number of nitrogens with zero attached hydrogens (tertiary/aromatic N) is 4. The Labute approximate surface area is 105 Å². The van der Waals surface area contributed by atoms with E-state index in [1.165, 1.54) is 0 Å². The molecule has 0 saturated carbocycles. The zero-order valence-corrected chi connectivity index (χ0v) is 10.3. The Morgan fingerprint density at radius 2 is 1.89 bits per heavy atom. The van der Waals surface area contributed by atoms with Gasteiger partial charge in [0.15, 0.2) is 0 Å². The highest BCUT2D eigenvalue weighted by Gasteiger charge is 2.27. The molecule has 0 saturated heterocycles. The lowest BCUT2D eigenvalue weighted by atomic mass is 10.4. The van der Waals surface area contributed by atoms with E-state index < -0.39 is 10.0 Å². The molecule has 8 nitrogen and oxygen atoms in total. The van der Waals surface area contributed by atoms with E-state index in [1.807, 2.05) is 12.1 Å². The molecule has 0 spiro atoms. The van der Waals surface area contributed by atoms with Gasteiger partial charge in [0.25, 0.3) is 0 Å². The standard InChI is InChI=1S/C9H12N6O2S/c10-3-1-5-15(6-2-4-11)18(16,17)8-7-13-14-9(8)12/h7H,1-2,5-6H2,(H3,12,13,14). The van der Waals surface area contributed by atoms with E-state index in [1.54, 1.807) is 0 Å². The van der Waals surface area contributed by atoms with Gasteiger partial charge in [0, 0.05) is 25.9 Å². The highest BCUT2D eigenvalue weighted by Crippen LogP contribution is 2.20. The minimum atomic E-state index is -3.82. The summed E-state index contributed by atoms with van der Waals surface area (Å²) < 4.78 is 25.4. The summed E-state index contributed by atoms with van der Waals surface area (Å²) in [6.45, 7) is 0.0380. The number of anilines is 1. The van der Waals surface area contributed by atoms with Crippen molar-refractivity contribution in [2.75, 3.05) is 18.8 Å². The van der Waals surface area contributed by atoms with E-state index in [4.69, 9.17) is 16.3 Å². The van der Waals surface area contributed by atoms with Crippen molar-refractivity contribution < 1.29 is 8.42 Å². The molecule has 1 aromatic rings. The average molecular weight is 268 g/mol. The molecule has 0 bridgehead atoms. The Morgan fingerprint density at radius 3 is 2.28 bits per heavy atom. The van der Waals surface area contributed by atoms with Crippen molar-refractivity contribution in [3.63, 3.8) is 0 Å². The fourth-order valence-electron chi connectivity index (χ4n) is 1.33. The molecule has 0 aliphatic carbocycles. The van der Waals surface area contributed by atoms with Gasteiger partial charge in [-0.25, -0.2) is 8.42 Å². The molecule has 0 radical (unpaired) electrons. The molecular formula is C9H12N6O2S. The lowest BCUT2D eigenvalue weighted by molar-refractivity contribution is 0.425. The lowest BCUT2D eigenvalue weighted by Gasteiger charge is -2.19. The third-order valence-corrected chi connectivity index (χ3v) is 4.12. The van der Waals surface area contributed by atoms with Crippen molar-refractivity contribution in [2.45, 2.75) is 17.7 Å². The van der Waals surface area contributed by atoms with Crippen LogP contribution in [0.15, 0.2) is 11.1 Å². The Balaban J connectivity index is 3.01. The lowest BCUT2D eigenvalue weighted by Crippen LogP contribution is -2.33. The van der Waals surface area contributed by atoms with E-state index in [2.05, 4.69) is 10.2 Å². The van der Waals surface area contributed by atoms with Crippen LogP contribution in [0.5, 0.6) is 0 Å². The summed E-state index contributed by atoms with van der Waals surface area (Å²) in [6.07, 6.45) is 1.20. The van der Waals surface area contributed by atoms with Gasteiger partial charge in [-0.2, -0.15) is 19.9 Å². The van der Waals surface area contributed by atoms with Crippen LogP contribution in [0.4, 0.5) is 5.82 Å². The SMILES string of the molecule is N#CCCN(CCC#N)S(=O)(=O)c1cn[nH]c1N. The van der Waals surface area contributed by atoms with Crippen LogP contribution in [0.3, 0.4) is 0 Å². The largest absolute Gasteiger partial charge is 0.383 e.